The molecule has 0 aromatic heterocycles. The van der Waals surface area contributed by atoms with Gasteiger partial charge >= 0.3 is 0 Å². The molecule has 0 bridgehead atoms. The average Bonchev–Trinajstić information content (AvgIpc) is 2.43. The smallest absolute Gasteiger partial charge is 0.224 e. The molecule has 0 saturated heterocycles. The fourth-order valence-electron chi connectivity index (χ4n) is 1.49. The first-order chi connectivity index (χ1) is 9.17. The number of rotatable bonds is 4. The fraction of sp³-hybridized carbons (Fsp3) is 0.133. The molecule has 2 aromatic rings. The summed E-state index contributed by atoms with van der Waals surface area (Å²) < 4.78 is 1.08. The Hall–Kier alpha value is -1.26. The van der Waals surface area contributed by atoms with E-state index in [2.05, 4.69) is 33.4 Å². The van der Waals surface area contributed by atoms with Gasteiger partial charge in [-0.1, -0.05) is 34.6 Å². The van der Waals surface area contributed by atoms with Crippen molar-refractivity contribution in [3.63, 3.8) is 0 Å². The molecule has 0 radical (unpaired) electrons. The van der Waals surface area contributed by atoms with Crippen molar-refractivity contribution in [1.82, 2.24) is 0 Å². The van der Waals surface area contributed by atoms with Gasteiger partial charge in [0.25, 0.3) is 0 Å². The normalized spacial score (nSPS) is 10.2. The second kappa shape index (κ2) is 6.78. The maximum absolute atomic E-state index is 11.3. The highest BCUT2D eigenvalue weighted by molar-refractivity contribution is 9.10. The SMILES string of the molecule is CCC(=O)Nc1ccc(Sc2ccc(Br)cc2)cc1. The molecule has 0 unspecified atom stereocenters. The molecule has 0 aliphatic carbocycles. The minimum absolute atomic E-state index is 0.0355. The van der Waals surface area contributed by atoms with E-state index in [1.807, 2.05) is 43.3 Å². The minimum atomic E-state index is 0.0355. The van der Waals surface area contributed by atoms with Gasteiger partial charge in [-0.15, -0.1) is 0 Å². The monoisotopic (exact) mass is 335 g/mol. The zero-order valence-corrected chi connectivity index (χ0v) is 12.9. The van der Waals surface area contributed by atoms with Gasteiger partial charge in [0.1, 0.15) is 0 Å². The summed E-state index contributed by atoms with van der Waals surface area (Å²) in [7, 11) is 0. The van der Waals surface area contributed by atoms with Crippen LogP contribution in [-0.4, -0.2) is 5.91 Å². The van der Waals surface area contributed by atoms with Crippen molar-refractivity contribution in [2.75, 3.05) is 5.32 Å². The van der Waals surface area contributed by atoms with E-state index >= 15 is 0 Å². The van der Waals surface area contributed by atoms with Crippen LogP contribution in [0.1, 0.15) is 13.3 Å². The van der Waals surface area contributed by atoms with E-state index in [-0.39, 0.29) is 5.91 Å². The van der Waals surface area contributed by atoms with Crippen molar-refractivity contribution < 1.29 is 4.79 Å². The standard InChI is InChI=1S/C15H14BrNOS/c1-2-15(18)17-12-5-9-14(10-6-12)19-13-7-3-11(16)4-8-13/h3-10H,2H2,1H3,(H,17,18). The van der Waals surface area contributed by atoms with Crippen molar-refractivity contribution in [2.45, 2.75) is 23.1 Å². The maximum Gasteiger partial charge on any atom is 0.224 e. The van der Waals surface area contributed by atoms with Gasteiger partial charge in [-0.25, -0.2) is 0 Å². The van der Waals surface area contributed by atoms with Crippen LogP contribution in [0.3, 0.4) is 0 Å². The van der Waals surface area contributed by atoms with Crippen LogP contribution in [0.15, 0.2) is 62.8 Å². The zero-order valence-electron chi connectivity index (χ0n) is 10.5. The van der Waals surface area contributed by atoms with E-state index in [9.17, 15) is 4.79 Å². The van der Waals surface area contributed by atoms with Gasteiger partial charge < -0.3 is 5.32 Å². The van der Waals surface area contributed by atoms with Crippen LogP contribution < -0.4 is 5.32 Å². The van der Waals surface area contributed by atoms with Gasteiger partial charge in [-0.3, -0.25) is 4.79 Å². The van der Waals surface area contributed by atoms with Crippen molar-refractivity contribution in [3.8, 4) is 0 Å². The van der Waals surface area contributed by atoms with Gasteiger partial charge in [-0.2, -0.15) is 0 Å². The molecule has 2 nitrogen and oxygen atoms in total. The van der Waals surface area contributed by atoms with Crippen LogP contribution in [-0.2, 0) is 4.79 Å². The fourth-order valence-corrected chi connectivity index (χ4v) is 2.58. The molecule has 19 heavy (non-hydrogen) atoms. The zero-order chi connectivity index (χ0) is 13.7. The van der Waals surface area contributed by atoms with Crippen molar-refractivity contribution >= 4 is 39.3 Å². The van der Waals surface area contributed by atoms with E-state index < -0.39 is 0 Å². The molecule has 4 heteroatoms. The van der Waals surface area contributed by atoms with Crippen molar-refractivity contribution in [3.05, 3.63) is 53.0 Å². The minimum Gasteiger partial charge on any atom is -0.326 e. The highest BCUT2D eigenvalue weighted by atomic mass is 79.9. The van der Waals surface area contributed by atoms with E-state index in [1.54, 1.807) is 11.8 Å². The Kier molecular flexibility index (Phi) is 5.05. The molecule has 0 saturated carbocycles. The quantitative estimate of drug-likeness (QED) is 0.856. The van der Waals surface area contributed by atoms with Crippen LogP contribution in [0.2, 0.25) is 0 Å². The highest BCUT2D eigenvalue weighted by Crippen LogP contribution is 2.29. The number of anilines is 1. The van der Waals surface area contributed by atoms with Crippen LogP contribution in [0.4, 0.5) is 5.69 Å². The number of carbonyl (C=O) groups is 1. The number of nitrogens with one attached hydrogen (secondary N) is 1. The number of carbonyl (C=O) groups excluding carboxylic acids is 1. The topological polar surface area (TPSA) is 29.1 Å². The molecule has 1 amide bonds. The largest absolute Gasteiger partial charge is 0.326 e. The molecular weight excluding hydrogens is 322 g/mol. The summed E-state index contributed by atoms with van der Waals surface area (Å²) in [5.41, 5.74) is 0.840. The predicted octanol–water partition coefficient (Wildman–Crippen LogP) is 4.95. The lowest BCUT2D eigenvalue weighted by Crippen LogP contribution is -2.08. The molecule has 2 rings (SSSR count). The van der Waals surface area contributed by atoms with Gasteiger partial charge in [0.05, 0.1) is 0 Å². The molecule has 0 fully saturated rings. The molecule has 0 aliphatic heterocycles. The number of benzene rings is 2. The van der Waals surface area contributed by atoms with Crippen LogP contribution in [0.5, 0.6) is 0 Å². The Morgan fingerprint density at radius 2 is 1.58 bits per heavy atom. The Labute approximate surface area is 125 Å². The molecular formula is C15H14BrNOS. The first kappa shape index (κ1) is 14.2. The number of amides is 1. The summed E-state index contributed by atoms with van der Waals surface area (Å²) in [6.45, 7) is 1.84. The molecule has 1 N–H and O–H groups in total. The molecule has 2 aromatic carbocycles. The number of hydrogen-bond donors (Lipinski definition) is 1. The van der Waals surface area contributed by atoms with Gasteiger partial charge in [0, 0.05) is 26.4 Å². The van der Waals surface area contributed by atoms with Gasteiger partial charge in [-0.05, 0) is 48.5 Å². The second-order valence-electron chi connectivity index (χ2n) is 3.98. The summed E-state index contributed by atoms with van der Waals surface area (Å²) in [5.74, 6) is 0.0355. The Balaban J connectivity index is 2.02. The first-order valence-corrected chi connectivity index (χ1v) is 7.61. The lowest BCUT2D eigenvalue weighted by Gasteiger charge is -2.05. The van der Waals surface area contributed by atoms with Crippen molar-refractivity contribution in [1.29, 1.82) is 0 Å². The second-order valence-corrected chi connectivity index (χ2v) is 6.04. The predicted molar refractivity (Wildman–Crippen MR) is 83.6 cm³/mol. The third kappa shape index (κ3) is 4.40. The van der Waals surface area contributed by atoms with Crippen LogP contribution in [0, 0.1) is 0 Å². The lowest BCUT2D eigenvalue weighted by molar-refractivity contribution is -0.115. The highest BCUT2D eigenvalue weighted by Gasteiger charge is 2.00. The first-order valence-electron chi connectivity index (χ1n) is 6.00. The summed E-state index contributed by atoms with van der Waals surface area (Å²) in [5, 5.41) is 2.84. The van der Waals surface area contributed by atoms with Crippen LogP contribution >= 0.6 is 27.7 Å². The number of halogens is 1. The molecule has 0 heterocycles. The summed E-state index contributed by atoms with van der Waals surface area (Å²) >= 11 is 5.12. The van der Waals surface area contributed by atoms with Gasteiger partial charge in [0.15, 0.2) is 0 Å². The molecule has 0 atom stereocenters. The Morgan fingerprint density at radius 3 is 2.11 bits per heavy atom. The van der Waals surface area contributed by atoms with E-state index in [4.69, 9.17) is 0 Å². The lowest BCUT2D eigenvalue weighted by atomic mass is 10.3. The Bertz CT molecular complexity index is 551. The number of hydrogen-bond acceptors (Lipinski definition) is 2. The van der Waals surface area contributed by atoms with E-state index in [0.29, 0.717) is 6.42 Å². The third-order valence-corrected chi connectivity index (χ3v) is 4.05. The third-order valence-electron chi connectivity index (χ3n) is 2.51. The van der Waals surface area contributed by atoms with Crippen LogP contribution in [0.25, 0.3) is 0 Å². The average molecular weight is 336 g/mol. The van der Waals surface area contributed by atoms with E-state index in [0.717, 1.165) is 15.1 Å². The summed E-state index contributed by atoms with van der Waals surface area (Å²) in [4.78, 5) is 13.6. The Morgan fingerprint density at radius 1 is 1.05 bits per heavy atom. The molecule has 0 aliphatic rings. The summed E-state index contributed by atoms with van der Waals surface area (Å²) in [6.07, 6.45) is 0.495. The summed E-state index contributed by atoms with van der Waals surface area (Å²) in [6, 6.07) is 16.1. The maximum atomic E-state index is 11.3. The van der Waals surface area contributed by atoms with Crippen molar-refractivity contribution in [2.24, 2.45) is 0 Å². The van der Waals surface area contributed by atoms with E-state index in [1.165, 1.54) is 4.90 Å². The molecule has 98 valence electrons. The molecule has 0 spiro atoms. The van der Waals surface area contributed by atoms with Gasteiger partial charge in [0.2, 0.25) is 5.91 Å².